The molecule has 6 nitrogen and oxygen atoms in total. The molecular formula is C16H18NO5P. The second kappa shape index (κ2) is 6.42. The lowest BCUT2D eigenvalue weighted by Crippen LogP contribution is -2.23. The van der Waals surface area contributed by atoms with E-state index in [2.05, 4.69) is 5.32 Å². The van der Waals surface area contributed by atoms with Gasteiger partial charge in [0.15, 0.2) is 5.76 Å². The number of carbonyl (C=O) groups is 2. The molecular weight excluding hydrogens is 317 g/mol. The second-order valence-corrected chi connectivity index (χ2v) is 8.85. The minimum Gasteiger partial charge on any atom is -0.475 e. The summed E-state index contributed by atoms with van der Waals surface area (Å²) >= 11 is 0. The average Bonchev–Trinajstić information content (AvgIpc) is 2.86. The molecule has 0 fully saturated rings. The highest BCUT2D eigenvalue weighted by Crippen LogP contribution is 2.34. The summed E-state index contributed by atoms with van der Waals surface area (Å²) in [5.41, 5.74) is 1.27. The van der Waals surface area contributed by atoms with Gasteiger partial charge in [0.1, 0.15) is 7.14 Å². The van der Waals surface area contributed by atoms with E-state index in [4.69, 9.17) is 9.52 Å². The number of amides is 1. The van der Waals surface area contributed by atoms with Crippen LogP contribution in [-0.2, 0) is 11.1 Å². The highest BCUT2D eigenvalue weighted by atomic mass is 31.2. The standard InChI is InChI=1S/C16H18NO5P/c1-10-7-13(16(19)20)22-14(10)15(18)17-9-11-5-4-6-12(8-11)23(2,3)21/h4-8H,9H2,1-3H3,(H,17,18)(H,19,20). The van der Waals surface area contributed by atoms with Crippen molar-refractivity contribution in [2.75, 3.05) is 13.3 Å². The van der Waals surface area contributed by atoms with Crippen molar-refractivity contribution in [3.05, 3.63) is 53.0 Å². The Balaban J connectivity index is 2.11. The fourth-order valence-electron chi connectivity index (χ4n) is 2.08. The van der Waals surface area contributed by atoms with Crippen LogP contribution in [0.15, 0.2) is 34.7 Å². The molecule has 0 spiro atoms. The van der Waals surface area contributed by atoms with E-state index in [1.54, 1.807) is 38.5 Å². The molecule has 1 heterocycles. The minimum atomic E-state index is -2.36. The zero-order valence-electron chi connectivity index (χ0n) is 13.1. The van der Waals surface area contributed by atoms with Crippen LogP contribution in [0.3, 0.4) is 0 Å². The lowest BCUT2D eigenvalue weighted by atomic mass is 10.2. The molecule has 2 aromatic rings. The molecule has 1 aromatic carbocycles. The Kier molecular flexibility index (Phi) is 4.76. The molecule has 0 atom stereocenters. The van der Waals surface area contributed by atoms with E-state index in [0.29, 0.717) is 5.56 Å². The van der Waals surface area contributed by atoms with Crippen molar-refractivity contribution >= 4 is 24.3 Å². The molecule has 0 bridgehead atoms. The van der Waals surface area contributed by atoms with Crippen molar-refractivity contribution in [3.63, 3.8) is 0 Å². The highest BCUT2D eigenvalue weighted by Gasteiger charge is 2.19. The van der Waals surface area contributed by atoms with Crippen LogP contribution in [0.5, 0.6) is 0 Å². The third kappa shape index (κ3) is 4.11. The maximum absolute atomic E-state index is 12.1. The first kappa shape index (κ1) is 17.0. The summed E-state index contributed by atoms with van der Waals surface area (Å²) in [6, 6.07) is 8.50. The molecule has 0 saturated heterocycles. The van der Waals surface area contributed by atoms with Gasteiger partial charge in [-0.15, -0.1) is 0 Å². The smallest absolute Gasteiger partial charge is 0.371 e. The minimum absolute atomic E-state index is 0.0183. The van der Waals surface area contributed by atoms with Gasteiger partial charge in [0.2, 0.25) is 5.76 Å². The number of carboxylic acids is 1. The zero-order valence-corrected chi connectivity index (χ0v) is 14.0. The Morgan fingerprint density at radius 3 is 2.52 bits per heavy atom. The molecule has 0 aliphatic heterocycles. The molecule has 23 heavy (non-hydrogen) atoms. The van der Waals surface area contributed by atoms with Gasteiger partial charge >= 0.3 is 5.97 Å². The zero-order chi connectivity index (χ0) is 17.2. The third-order valence-corrected chi connectivity index (χ3v) is 4.84. The molecule has 0 aliphatic carbocycles. The molecule has 122 valence electrons. The Morgan fingerprint density at radius 2 is 1.96 bits per heavy atom. The summed E-state index contributed by atoms with van der Waals surface area (Å²) in [5.74, 6) is -2.00. The third-order valence-electron chi connectivity index (χ3n) is 3.32. The molecule has 7 heteroatoms. The van der Waals surface area contributed by atoms with E-state index in [9.17, 15) is 14.2 Å². The summed E-state index contributed by atoms with van der Waals surface area (Å²) in [4.78, 5) is 23.0. The number of carboxylic acid groups (broad SMARTS) is 1. The molecule has 0 aliphatic rings. The van der Waals surface area contributed by atoms with Gasteiger partial charge in [-0.2, -0.15) is 0 Å². The monoisotopic (exact) mass is 335 g/mol. The first-order valence-corrected chi connectivity index (χ1v) is 9.55. The molecule has 0 radical (unpaired) electrons. The normalized spacial score (nSPS) is 11.3. The van der Waals surface area contributed by atoms with Crippen LogP contribution in [0.25, 0.3) is 0 Å². The van der Waals surface area contributed by atoms with Crippen molar-refractivity contribution in [2.24, 2.45) is 0 Å². The number of hydrogen-bond donors (Lipinski definition) is 2. The van der Waals surface area contributed by atoms with Crippen molar-refractivity contribution in [2.45, 2.75) is 13.5 Å². The van der Waals surface area contributed by atoms with E-state index in [1.807, 2.05) is 6.07 Å². The molecule has 1 aromatic heterocycles. The lowest BCUT2D eigenvalue weighted by molar-refractivity contribution is 0.0659. The fraction of sp³-hybridized carbons (Fsp3) is 0.250. The molecule has 2 rings (SSSR count). The summed E-state index contributed by atoms with van der Waals surface area (Å²) in [7, 11) is -2.36. The number of hydrogen-bond acceptors (Lipinski definition) is 4. The quantitative estimate of drug-likeness (QED) is 0.818. The van der Waals surface area contributed by atoms with Crippen LogP contribution >= 0.6 is 7.14 Å². The summed E-state index contributed by atoms with van der Waals surface area (Å²) in [6.45, 7) is 5.21. The maximum Gasteiger partial charge on any atom is 0.371 e. The molecule has 0 unspecified atom stereocenters. The van der Waals surface area contributed by atoms with E-state index in [0.717, 1.165) is 10.9 Å². The lowest BCUT2D eigenvalue weighted by Gasteiger charge is -2.09. The number of nitrogens with one attached hydrogen (secondary N) is 1. The van der Waals surface area contributed by atoms with Crippen molar-refractivity contribution < 1.29 is 23.7 Å². The van der Waals surface area contributed by atoms with E-state index in [-0.39, 0.29) is 18.1 Å². The Morgan fingerprint density at radius 1 is 1.26 bits per heavy atom. The Hall–Kier alpha value is -2.33. The van der Waals surface area contributed by atoms with E-state index < -0.39 is 19.0 Å². The fourth-order valence-corrected chi connectivity index (χ4v) is 3.00. The van der Waals surface area contributed by atoms with E-state index in [1.165, 1.54) is 6.07 Å². The number of rotatable bonds is 5. The number of furan rings is 1. The first-order valence-electron chi connectivity index (χ1n) is 6.95. The van der Waals surface area contributed by atoms with Crippen molar-refractivity contribution in [1.29, 1.82) is 0 Å². The number of benzene rings is 1. The largest absolute Gasteiger partial charge is 0.475 e. The number of carbonyl (C=O) groups excluding carboxylic acids is 1. The first-order chi connectivity index (χ1) is 10.7. The van der Waals surface area contributed by atoms with Crippen LogP contribution in [0.1, 0.15) is 32.2 Å². The van der Waals surface area contributed by atoms with Gasteiger partial charge in [0.05, 0.1) is 0 Å². The molecule has 0 saturated carbocycles. The van der Waals surface area contributed by atoms with Gasteiger partial charge < -0.3 is 19.4 Å². The number of aryl methyl sites for hydroxylation is 1. The predicted octanol–water partition coefficient (Wildman–Crippen LogP) is 2.46. The summed E-state index contributed by atoms with van der Waals surface area (Å²) in [5, 5.41) is 12.3. The van der Waals surface area contributed by atoms with Crippen LogP contribution in [0.4, 0.5) is 0 Å². The van der Waals surface area contributed by atoms with Gasteiger partial charge in [-0.05, 0) is 37.9 Å². The highest BCUT2D eigenvalue weighted by molar-refractivity contribution is 7.70. The second-order valence-electron chi connectivity index (χ2n) is 5.63. The van der Waals surface area contributed by atoms with Crippen LogP contribution in [0, 0.1) is 6.92 Å². The average molecular weight is 335 g/mol. The van der Waals surface area contributed by atoms with Gasteiger partial charge in [-0.3, -0.25) is 4.79 Å². The number of aromatic carboxylic acids is 1. The SMILES string of the molecule is Cc1cc(C(=O)O)oc1C(=O)NCc1cccc(P(C)(C)=O)c1. The van der Waals surface area contributed by atoms with Crippen molar-refractivity contribution in [1.82, 2.24) is 5.32 Å². The predicted molar refractivity (Wildman–Crippen MR) is 87.1 cm³/mol. The molecule has 2 N–H and O–H groups in total. The Bertz CT molecular complexity index is 803. The van der Waals surface area contributed by atoms with Gasteiger partial charge in [0, 0.05) is 17.4 Å². The topological polar surface area (TPSA) is 96.6 Å². The van der Waals surface area contributed by atoms with E-state index >= 15 is 0 Å². The van der Waals surface area contributed by atoms with Crippen LogP contribution in [0.2, 0.25) is 0 Å². The van der Waals surface area contributed by atoms with Crippen molar-refractivity contribution in [3.8, 4) is 0 Å². The molecule has 1 amide bonds. The maximum atomic E-state index is 12.1. The van der Waals surface area contributed by atoms with Gasteiger partial charge in [0.25, 0.3) is 5.91 Å². The summed E-state index contributed by atoms with van der Waals surface area (Å²) in [6.07, 6.45) is 0. The van der Waals surface area contributed by atoms with Crippen LogP contribution < -0.4 is 10.6 Å². The Labute approximate surface area is 133 Å². The van der Waals surface area contributed by atoms with Crippen LogP contribution in [-0.4, -0.2) is 30.3 Å². The van der Waals surface area contributed by atoms with Gasteiger partial charge in [-0.25, -0.2) is 4.79 Å². The summed E-state index contributed by atoms with van der Waals surface area (Å²) < 4.78 is 17.1. The van der Waals surface area contributed by atoms with Gasteiger partial charge in [-0.1, -0.05) is 18.2 Å².